The van der Waals surface area contributed by atoms with Crippen LogP contribution in [-0.4, -0.2) is 18.1 Å². The second-order valence-electron chi connectivity index (χ2n) is 6.43. The number of nitrogens with zero attached hydrogens (tertiary/aromatic N) is 2. The minimum absolute atomic E-state index is 0.480. The van der Waals surface area contributed by atoms with E-state index in [4.69, 9.17) is 10.7 Å². The predicted octanol–water partition coefficient (Wildman–Crippen LogP) is 3.12. The maximum Gasteiger partial charge on any atom is 0.129 e. The molecule has 1 fully saturated rings. The van der Waals surface area contributed by atoms with Crippen molar-refractivity contribution >= 4 is 5.82 Å². The summed E-state index contributed by atoms with van der Waals surface area (Å²) in [5, 5.41) is 0. The average molecular weight is 261 g/mol. The van der Waals surface area contributed by atoms with Crippen molar-refractivity contribution in [3.8, 4) is 0 Å². The van der Waals surface area contributed by atoms with Crippen LogP contribution in [0.1, 0.15) is 51.3 Å². The Morgan fingerprint density at radius 1 is 1.26 bits per heavy atom. The number of hydrogen-bond acceptors (Lipinski definition) is 3. The van der Waals surface area contributed by atoms with Gasteiger partial charge < -0.3 is 10.6 Å². The van der Waals surface area contributed by atoms with Crippen LogP contribution in [0.2, 0.25) is 0 Å². The molecule has 0 unspecified atom stereocenters. The zero-order valence-corrected chi connectivity index (χ0v) is 12.6. The lowest BCUT2D eigenvalue weighted by Gasteiger charge is -2.37. The molecule has 0 amide bonds. The number of rotatable bonds is 4. The Labute approximate surface area is 117 Å². The van der Waals surface area contributed by atoms with E-state index in [9.17, 15) is 0 Å². The van der Waals surface area contributed by atoms with E-state index in [-0.39, 0.29) is 0 Å². The molecular weight excluding hydrogens is 234 g/mol. The van der Waals surface area contributed by atoms with Gasteiger partial charge in [-0.25, -0.2) is 4.98 Å². The molecule has 0 spiro atoms. The van der Waals surface area contributed by atoms with Gasteiger partial charge in [-0.3, -0.25) is 0 Å². The van der Waals surface area contributed by atoms with E-state index in [1.807, 2.05) is 0 Å². The summed E-state index contributed by atoms with van der Waals surface area (Å²) in [7, 11) is 0. The van der Waals surface area contributed by atoms with Crippen LogP contribution < -0.4 is 10.6 Å². The average Bonchev–Trinajstić information content (AvgIpc) is 2.38. The topological polar surface area (TPSA) is 42.1 Å². The Morgan fingerprint density at radius 2 is 1.95 bits per heavy atom. The highest BCUT2D eigenvalue weighted by Crippen LogP contribution is 2.31. The fourth-order valence-electron chi connectivity index (χ4n) is 2.64. The van der Waals surface area contributed by atoms with Gasteiger partial charge in [-0.15, -0.1) is 0 Å². The molecule has 0 radical (unpaired) electrons. The van der Waals surface area contributed by atoms with Crippen LogP contribution in [0.5, 0.6) is 0 Å². The van der Waals surface area contributed by atoms with Crippen molar-refractivity contribution in [1.82, 2.24) is 4.98 Å². The molecule has 3 nitrogen and oxygen atoms in total. The van der Waals surface area contributed by atoms with Gasteiger partial charge in [0.1, 0.15) is 5.82 Å². The van der Waals surface area contributed by atoms with E-state index in [2.05, 4.69) is 37.8 Å². The minimum Gasteiger partial charge on any atom is -0.357 e. The minimum atomic E-state index is 0.480. The van der Waals surface area contributed by atoms with Gasteiger partial charge in [0.25, 0.3) is 0 Å². The lowest BCUT2D eigenvalue weighted by atomic mass is 9.83. The Balaban J connectivity index is 2.17. The van der Waals surface area contributed by atoms with E-state index in [0.29, 0.717) is 12.0 Å². The number of nitrogens with two attached hydrogens (primary N) is 1. The first-order valence-corrected chi connectivity index (χ1v) is 7.49. The molecule has 106 valence electrons. The lowest BCUT2D eigenvalue weighted by Crippen LogP contribution is -2.37. The monoisotopic (exact) mass is 261 g/mol. The van der Waals surface area contributed by atoms with Crippen LogP contribution in [0.4, 0.5) is 5.82 Å². The first-order valence-electron chi connectivity index (χ1n) is 7.49. The molecule has 0 saturated carbocycles. The summed E-state index contributed by atoms with van der Waals surface area (Å²) in [6.07, 6.45) is 4.66. The molecule has 19 heavy (non-hydrogen) atoms. The lowest BCUT2D eigenvalue weighted by molar-refractivity contribution is 0.279. The molecule has 1 aliphatic rings. The number of hydrogen-bond donors (Lipinski definition) is 1. The number of aryl methyl sites for hydroxylation is 1. The van der Waals surface area contributed by atoms with Gasteiger partial charge in [0.2, 0.25) is 0 Å². The van der Waals surface area contributed by atoms with Crippen molar-refractivity contribution in [2.24, 2.45) is 11.1 Å². The van der Waals surface area contributed by atoms with E-state index in [0.717, 1.165) is 31.7 Å². The van der Waals surface area contributed by atoms with Crippen molar-refractivity contribution in [2.45, 2.75) is 53.0 Å². The van der Waals surface area contributed by atoms with E-state index < -0.39 is 0 Å². The van der Waals surface area contributed by atoms with Crippen LogP contribution >= 0.6 is 0 Å². The summed E-state index contributed by atoms with van der Waals surface area (Å²) in [6, 6.07) is 4.32. The van der Waals surface area contributed by atoms with Gasteiger partial charge in [0, 0.05) is 25.3 Å². The Bertz CT molecular complexity index is 416. The second-order valence-corrected chi connectivity index (χ2v) is 6.43. The second kappa shape index (κ2) is 5.91. The summed E-state index contributed by atoms with van der Waals surface area (Å²) < 4.78 is 0. The van der Waals surface area contributed by atoms with Crippen molar-refractivity contribution in [1.29, 1.82) is 0 Å². The first-order chi connectivity index (χ1) is 9.04. The largest absolute Gasteiger partial charge is 0.357 e. The Hall–Kier alpha value is -1.09. The highest BCUT2D eigenvalue weighted by molar-refractivity contribution is 5.43. The fourth-order valence-corrected chi connectivity index (χ4v) is 2.64. The molecule has 1 aromatic rings. The third-order valence-electron chi connectivity index (χ3n) is 4.11. The Morgan fingerprint density at radius 3 is 2.53 bits per heavy atom. The maximum absolute atomic E-state index is 5.81. The highest BCUT2D eigenvalue weighted by Gasteiger charge is 2.26. The van der Waals surface area contributed by atoms with Crippen LogP contribution in [-0.2, 0) is 13.0 Å². The van der Waals surface area contributed by atoms with Crippen LogP contribution in [0, 0.1) is 5.41 Å². The van der Waals surface area contributed by atoms with E-state index in [1.54, 1.807) is 0 Å². The molecular formula is C16H27N3. The van der Waals surface area contributed by atoms with Crippen molar-refractivity contribution in [2.75, 3.05) is 18.0 Å². The molecule has 2 N–H and O–H groups in total. The number of aromatic nitrogens is 1. The SMILES string of the molecule is CCCc1cc(CN)cc(N2CCC(C)(C)CC2)n1. The predicted molar refractivity (Wildman–Crippen MR) is 81.4 cm³/mol. The fraction of sp³-hybridized carbons (Fsp3) is 0.688. The summed E-state index contributed by atoms with van der Waals surface area (Å²) in [5.74, 6) is 1.13. The van der Waals surface area contributed by atoms with Gasteiger partial charge in [0.15, 0.2) is 0 Å². The van der Waals surface area contributed by atoms with Crippen LogP contribution in [0.15, 0.2) is 12.1 Å². The van der Waals surface area contributed by atoms with Gasteiger partial charge in [-0.05, 0) is 42.4 Å². The van der Waals surface area contributed by atoms with Crippen LogP contribution in [0.3, 0.4) is 0 Å². The summed E-state index contributed by atoms with van der Waals surface area (Å²) in [5.41, 5.74) is 8.68. The smallest absolute Gasteiger partial charge is 0.129 e. The van der Waals surface area contributed by atoms with Crippen molar-refractivity contribution in [3.63, 3.8) is 0 Å². The summed E-state index contributed by atoms with van der Waals surface area (Å²) in [6.45, 7) is 9.73. The van der Waals surface area contributed by atoms with E-state index in [1.165, 1.54) is 24.1 Å². The third-order valence-corrected chi connectivity index (χ3v) is 4.11. The zero-order valence-electron chi connectivity index (χ0n) is 12.6. The van der Waals surface area contributed by atoms with Gasteiger partial charge in [0.05, 0.1) is 0 Å². The molecule has 0 atom stereocenters. The summed E-state index contributed by atoms with van der Waals surface area (Å²) >= 11 is 0. The van der Waals surface area contributed by atoms with Gasteiger partial charge >= 0.3 is 0 Å². The molecule has 2 heterocycles. The molecule has 0 aromatic carbocycles. The zero-order chi connectivity index (χ0) is 13.9. The van der Waals surface area contributed by atoms with Gasteiger partial charge in [-0.2, -0.15) is 0 Å². The number of pyridine rings is 1. The van der Waals surface area contributed by atoms with Crippen molar-refractivity contribution < 1.29 is 0 Å². The molecule has 1 saturated heterocycles. The third kappa shape index (κ3) is 3.69. The molecule has 0 bridgehead atoms. The van der Waals surface area contributed by atoms with E-state index >= 15 is 0 Å². The highest BCUT2D eigenvalue weighted by atomic mass is 15.2. The van der Waals surface area contributed by atoms with Gasteiger partial charge in [-0.1, -0.05) is 27.2 Å². The summed E-state index contributed by atoms with van der Waals surface area (Å²) in [4.78, 5) is 7.23. The maximum atomic E-state index is 5.81. The normalized spacial score (nSPS) is 18.6. The first kappa shape index (κ1) is 14.3. The number of anilines is 1. The standard InChI is InChI=1S/C16H27N3/c1-4-5-14-10-13(12-17)11-15(18-14)19-8-6-16(2,3)7-9-19/h10-11H,4-9,12,17H2,1-3H3. The number of piperidine rings is 1. The molecule has 3 heteroatoms. The molecule has 1 aromatic heterocycles. The molecule has 0 aliphatic carbocycles. The Kier molecular flexibility index (Phi) is 4.46. The van der Waals surface area contributed by atoms with Crippen molar-refractivity contribution in [3.05, 3.63) is 23.4 Å². The van der Waals surface area contributed by atoms with Crippen LogP contribution in [0.25, 0.3) is 0 Å². The molecule has 1 aliphatic heterocycles. The quantitative estimate of drug-likeness (QED) is 0.905. The molecule has 2 rings (SSSR count).